The van der Waals surface area contributed by atoms with Gasteiger partial charge in [0.05, 0.1) is 18.3 Å². The summed E-state index contributed by atoms with van der Waals surface area (Å²) in [6.45, 7) is 3.81. The quantitative estimate of drug-likeness (QED) is 0.905. The van der Waals surface area contributed by atoms with Crippen molar-refractivity contribution in [2.75, 3.05) is 25.5 Å². The molecule has 134 valence electrons. The van der Waals surface area contributed by atoms with Crippen LogP contribution in [0.2, 0.25) is 5.02 Å². The Kier molecular flexibility index (Phi) is 5.60. The van der Waals surface area contributed by atoms with Gasteiger partial charge in [0.15, 0.2) is 0 Å². The first-order chi connectivity index (χ1) is 12.1. The average Bonchev–Trinajstić information content (AvgIpc) is 2.96. The summed E-state index contributed by atoms with van der Waals surface area (Å²) in [5, 5.41) is 8.14. The molecule has 7 heteroatoms. The maximum atomic E-state index is 12.6. The highest BCUT2D eigenvalue weighted by atomic mass is 35.5. The number of aryl methyl sites for hydroxylation is 1. The molecule has 0 radical (unpaired) electrons. The Morgan fingerprint density at radius 1 is 1.36 bits per heavy atom. The number of nitrogens with zero attached hydrogens (tertiary/aromatic N) is 3. The minimum Gasteiger partial charge on any atom is -0.381 e. The average molecular weight is 363 g/mol. The van der Waals surface area contributed by atoms with Crippen LogP contribution in [0.15, 0.2) is 30.3 Å². The van der Waals surface area contributed by atoms with E-state index in [0.29, 0.717) is 30.5 Å². The Labute approximate surface area is 152 Å². The van der Waals surface area contributed by atoms with Crippen molar-refractivity contribution in [3.8, 4) is 0 Å². The van der Waals surface area contributed by atoms with E-state index < -0.39 is 0 Å². The summed E-state index contributed by atoms with van der Waals surface area (Å²) >= 11 is 6.24. The fraction of sp³-hybridized carbons (Fsp3) is 0.444. The van der Waals surface area contributed by atoms with Crippen molar-refractivity contribution in [2.24, 2.45) is 0 Å². The molecule has 1 aliphatic rings. The molecule has 2 amide bonds. The number of amides is 2. The number of halogens is 1. The van der Waals surface area contributed by atoms with Crippen LogP contribution < -0.4 is 5.32 Å². The molecule has 0 saturated carbocycles. The van der Waals surface area contributed by atoms with Gasteiger partial charge in [-0.15, -0.1) is 0 Å². The van der Waals surface area contributed by atoms with Crippen LogP contribution in [0.3, 0.4) is 0 Å². The second kappa shape index (κ2) is 7.89. The van der Waals surface area contributed by atoms with Gasteiger partial charge in [0.25, 0.3) is 0 Å². The molecule has 1 aromatic heterocycles. The number of aromatic nitrogens is 2. The zero-order chi connectivity index (χ0) is 17.8. The molecule has 0 atom stereocenters. The molecule has 0 bridgehead atoms. The zero-order valence-electron chi connectivity index (χ0n) is 14.5. The number of anilines is 1. The SMILES string of the molecule is COC1CCN(C(=O)Nc2cc(C)nn2Cc2ccccc2Cl)CC1. The number of likely N-dealkylation sites (tertiary alicyclic amines) is 1. The van der Waals surface area contributed by atoms with Crippen LogP contribution in [-0.4, -0.2) is 47.0 Å². The maximum absolute atomic E-state index is 12.6. The van der Waals surface area contributed by atoms with Gasteiger partial charge in [-0.2, -0.15) is 5.10 Å². The van der Waals surface area contributed by atoms with Crippen LogP contribution in [0.1, 0.15) is 24.1 Å². The largest absolute Gasteiger partial charge is 0.381 e. The van der Waals surface area contributed by atoms with Gasteiger partial charge < -0.3 is 9.64 Å². The lowest BCUT2D eigenvalue weighted by Gasteiger charge is -2.31. The van der Waals surface area contributed by atoms with Gasteiger partial charge in [-0.3, -0.25) is 5.32 Å². The first kappa shape index (κ1) is 17.8. The number of hydrogen-bond donors (Lipinski definition) is 1. The van der Waals surface area contributed by atoms with Crippen LogP contribution in [-0.2, 0) is 11.3 Å². The highest BCUT2D eigenvalue weighted by molar-refractivity contribution is 6.31. The fourth-order valence-corrected chi connectivity index (χ4v) is 3.23. The van der Waals surface area contributed by atoms with Crippen molar-refractivity contribution in [2.45, 2.75) is 32.4 Å². The van der Waals surface area contributed by atoms with Gasteiger partial charge in [0.1, 0.15) is 5.82 Å². The Morgan fingerprint density at radius 3 is 2.76 bits per heavy atom. The lowest BCUT2D eigenvalue weighted by molar-refractivity contribution is 0.0521. The maximum Gasteiger partial charge on any atom is 0.323 e. The summed E-state index contributed by atoms with van der Waals surface area (Å²) in [6.07, 6.45) is 1.97. The molecule has 1 saturated heterocycles. The van der Waals surface area contributed by atoms with Crippen molar-refractivity contribution < 1.29 is 9.53 Å². The van der Waals surface area contributed by atoms with E-state index in [1.165, 1.54) is 0 Å². The van der Waals surface area contributed by atoms with Gasteiger partial charge in [-0.1, -0.05) is 29.8 Å². The van der Waals surface area contributed by atoms with Crippen molar-refractivity contribution >= 4 is 23.4 Å². The Morgan fingerprint density at radius 2 is 2.08 bits per heavy atom. The topological polar surface area (TPSA) is 59.4 Å². The number of urea groups is 1. The molecule has 3 rings (SSSR count). The molecule has 1 N–H and O–H groups in total. The first-order valence-electron chi connectivity index (χ1n) is 8.43. The number of piperidine rings is 1. The van der Waals surface area contributed by atoms with Gasteiger partial charge in [0, 0.05) is 31.3 Å². The second-order valence-corrected chi connectivity index (χ2v) is 6.68. The van der Waals surface area contributed by atoms with Gasteiger partial charge in [-0.25, -0.2) is 9.48 Å². The highest BCUT2D eigenvalue weighted by Crippen LogP contribution is 2.20. The number of nitrogens with one attached hydrogen (secondary N) is 1. The van der Waals surface area contributed by atoms with Crippen LogP contribution >= 0.6 is 11.6 Å². The fourth-order valence-electron chi connectivity index (χ4n) is 3.04. The summed E-state index contributed by atoms with van der Waals surface area (Å²) in [4.78, 5) is 14.4. The number of methoxy groups -OCH3 is 1. The van der Waals surface area contributed by atoms with Crippen molar-refractivity contribution in [3.63, 3.8) is 0 Å². The van der Waals surface area contributed by atoms with E-state index in [4.69, 9.17) is 16.3 Å². The van der Waals surface area contributed by atoms with Crippen LogP contribution in [0.25, 0.3) is 0 Å². The lowest BCUT2D eigenvalue weighted by atomic mass is 10.1. The number of carbonyl (C=O) groups is 1. The predicted octanol–water partition coefficient (Wildman–Crippen LogP) is 3.54. The summed E-state index contributed by atoms with van der Waals surface area (Å²) in [6, 6.07) is 9.42. The molecule has 2 aromatic rings. The Bertz CT molecular complexity index is 738. The minimum absolute atomic E-state index is 0.102. The molecule has 0 unspecified atom stereocenters. The van der Waals surface area contributed by atoms with E-state index in [-0.39, 0.29) is 12.1 Å². The second-order valence-electron chi connectivity index (χ2n) is 6.27. The van der Waals surface area contributed by atoms with Crippen molar-refractivity contribution in [1.82, 2.24) is 14.7 Å². The van der Waals surface area contributed by atoms with E-state index in [9.17, 15) is 4.79 Å². The zero-order valence-corrected chi connectivity index (χ0v) is 15.3. The number of ether oxygens (including phenoxy) is 1. The monoisotopic (exact) mass is 362 g/mol. The third-order valence-electron chi connectivity index (χ3n) is 4.48. The van der Waals surface area contributed by atoms with Crippen LogP contribution in [0, 0.1) is 6.92 Å². The molecule has 0 aliphatic carbocycles. The molecular weight excluding hydrogens is 340 g/mol. The molecule has 2 heterocycles. The van der Waals surface area contributed by atoms with Crippen LogP contribution in [0.5, 0.6) is 0 Å². The number of rotatable bonds is 4. The molecule has 1 aliphatic heterocycles. The third kappa shape index (κ3) is 4.32. The van der Waals surface area contributed by atoms with E-state index in [1.54, 1.807) is 11.8 Å². The molecule has 0 spiro atoms. The summed E-state index contributed by atoms with van der Waals surface area (Å²) in [5.41, 5.74) is 1.81. The lowest BCUT2D eigenvalue weighted by Crippen LogP contribution is -2.43. The first-order valence-corrected chi connectivity index (χ1v) is 8.81. The minimum atomic E-state index is -0.102. The Hall–Kier alpha value is -2.05. The smallest absolute Gasteiger partial charge is 0.323 e. The van der Waals surface area contributed by atoms with E-state index >= 15 is 0 Å². The van der Waals surface area contributed by atoms with Crippen molar-refractivity contribution in [3.05, 3.63) is 46.6 Å². The molecule has 1 fully saturated rings. The van der Waals surface area contributed by atoms with E-state index in [0.717, 1.165) is 24.1 Å². The van der Waals surface area contributed by atoms with Gasteiger partial charge in [0.2, 0.25) is 0 Å². The Balaban J connectivity index is 1.69. The van der Waals surface area contributed by atoms with Crippen molar-refractivity contribution in [1.29, 1.82) is 0 Å². The third-order valence-corrected chi connectivity index (χ3v) is 4.85. The molecule has 25 heavy (non-hydrogen) atoms. The molecular formula is C18H23ClN4O2. The number of carbonyl (C=O) groups excluding carboxylic acids is 1. The predicted molar refractivity (Wildman–Crippen MR) is 98.1 cm³/mol. The number of hydrogen-bond acceptors (Lipinski definition) is 3. The number of benzene rings is 1. The molecule has 6 nitrogen and oxygen atoms in total. The normalized spacial score (nSPS) is 15.4. The highest BCUT2D eigenvalue weighted by Gasteiger charge is 2.23. The van der Waals surface area contributed by atoms with Crippen LogP contribution in [0.4, 0.5) is 10.6 Å². The standard InChI is InChI=1S/C18H23ClN4O2/c1-13-11-17(20-18(24)22-9-7-15(25-2)8-10-22)23(21-13)12-14-5-3-4-6-16(14)19/h3-6,11,15H,7-10,12H2,1-2H3,(H,20,24). The van der Waals surface area contributed by atoms with Gasteiger partial charge >= 0.3 is 6.03 Å². The van der Waals surface area contributed by atoms with E-state index in [1.807, 2.05) is 42.2 Å². The van der Waals surface area contributed by atoms with E-state index in [2.05, 4.69) is 10.4 Å². The summed E-state index contributed by atoms with van der Waals surface area (Å²) in [7, 11) is 1.72. The summed E-state index contributed by atoms with van der Waals surface area (Å²) < 4.78 is 7.13. The summed E-state index contributed by atoms with van der Waals surface area (Å²) in [5.74, 6) is 0.677. The van der Waals surface area contributed by atoms with Gasteiger partial charge in [-0.05, 0) is 31.4 Å². The molecule has 1 aromatic carbocycles.